The summed E-state index contributed by atoms with van der Waals surface area (Å²) in [5.74, 6) is -0.221. The van der Waals surface area contributed by atoms with Gasteiger partial charge in [-0.15, -0.1) is 0 Å². The Balaban J connectivity index is 2.30. The number of nitrogens with one attached hydrogen (secondary N) is 2. The molecule has 120 valence electrons. The average Bonchev–Trinajstić information content (AvgIpc) is 2.54. The van der Waals surface area contributed by atoms with Crippen LogP contribution < -0.4 is 22.1 Å². The number of hydrogen-bond donors (Lipinski definition) is 2. The Labute approximate surface area is 130 Å². The van der Waals surface area contributed by atoms with Crippen molar-refractivity contribution in [3.05, 3.63) is 73.0 Å². The van der Waals surface area contributed by atoms with E-state index in [0.717, 1.165) is 10.1 Å². The summed E-state index contributed by atoms with van der Waals surface area (Å²) in [5, 5.41) is 11.1. The maximum Gasteiger partial charge on any atom is 0.376 e. The molecule has 1 aromatic heterocycles. The van der Waals surface area contributed by atoms with Crippen LogP contribution in [0.4, 0.5) is 11.5 Å². The molecule has 0 amide bonds. The molecule has 0 aliphatic rings. The van der Waals surface area contributed by atoms with Crippen molar-refractivity contribution < 1.29 is 4.92 Å². The molecule has 0 radical (unpaired) electrons. The van der Waals surface area contributed by atoms with E-state index < -0.39 is 21.9 Å². The molecular weight excluding hydrogens is 302 g/mol. The van der Waals surface area contributed by atoms with E-state index in [1.807, 2.05) is 30.3 Å². The third-order valence-electron chi connectivity index (χ3n) is 3.17. The minimum Gasteiger partial charge on any atom is -0.307 e. The second-order valence-corrected chi connectivity index (χ2v) is 4.67. The molecule has 0 fully saturated rings. The van der Waals surface area contributed by atoms with E-state index in [2.05, 4.69) is 10.9 Å². The minimum atomic E-state index is -0.977. The van der Waals surface area contributed by atoms with Crippen molar-refractivity contribution in [2.75, 3.05) is 5.43 Å². The predicted molar refractivity (Wildman–Crippen MR) is 85.8 cm³/mol. The van der Waals surface area contributed by atoms with Gasteiger partial charge in [0.25, 0.3) is 0 Å². The predicted octanol–water partition coefficient (Wildman–Crippen LogP) is 0.580. The molecule has 9 nitrogen and oxygen atoms in total. The van der Waals surface area contributed by atoms with Gasteiger partial charge < -0.3 is 5.43 Å². The van der Waals surface area contributed by atoms with Gasteiger partial charge in [0.05, 0.1) is 4.92 Å². The summed E-state index contributed by atoms with van der Waals surface area (Å²) in [7, 11) is 2.52. The molecule has 2 N–H and O–H groups in total. The largest absolute Gasteiger partial charge is 0.376 e. The molecule has 1 aromatic carbocycles. The molecular formula is C14H15N5O4. The Morgan fingerprint density at radius 1 is 1.13 bits per heavy atom. The Hall–Kier alpha value is -3.36. The van der Waals surface area contributed by atoms with Crippen molar-refractivity contribution in [2.45, 2.75) is 0 Å². The lowest BCUT2D eigenvalue weighted by atomic mass is 10.2. The first-order valence-corrected chi connectivity index (χ1v) is 6.61. The Kier molecular flexibility index (Phi) is 4.60. The second kappa shape index (κ2) is 6.60. The Morgan fingerprint density at radius 3 is 2.39 bits per heavy atom. The minimum absolute atomic E-state index is 0.221. The first-order chi connectivity index (χ1) is 10.9. The average molecular weight is 317 g/mol. The van der Waals surface area contributed by atoms with Crippen LogP contribution >= 0.6 is 0 Å². The van der Waals surface area contributed by atoms with Crippen LogP contribution in [-0.2, 0) is 14.1 Å². The van der Waals surface area contributed by atoms with E-state index in [0.29, 0.717) is 4.57 Å². The van der Waals surface area contributed by atoms with Crippen LogP contribution in [0.2, 0.25) is 0 Å². The van der Waals surface area contributed by atoms with Crippen molar-refractivity contribution in [3.63, 3.8) is 0 Å². The van der Waals surface area contributed by atoms with Crippen LogP contribution in [0.25, 0.3) is 6.08 Å². The van der Waals surface area contributed by atoms with E-state index in [1.54, 1.807) is 6.08 Å². The second-order valence-electron chi connectivity index (χ2n) is 4.67. The number of benzene rings is 1. The lowest BCUT2D eigenvalue weighted by Crippen LogP contribution is -2.40. The molecule has 0 unspecified atom stereocenters. The molecule has 0 aliphatic carbocycles. The molecule has 9 heteroatoms. The zero-order valence-corrected chi connectivity index (χ0v) is 12.5. The van der Waals surface area contributed by atoms with Crippen molar-refractivity contribution in [1.82, 2.24) is 14.6 Å². The summed E-state index contributed by atoms with van der Waals surface area (Å²) in [5.41, 5.74) is 3.68. The number of anilines is 1. The molecule has 2 aromatic rings. The number of hydrogen-bond acceptors (Lipinski definition) is 6. The lowest BCUT2D eigenvalue weighted by Gasteiger charge is -2.11. The molecule has 23 heavy (non-hydrogen) atoms. The Bertz CT molecular complexity index is 867. The van der Waals surface area contributed by atoms with Crippen LogP contribution in [0.5, 0.6) is 0 Å². The summed E-state index contributed by atoms with van der Waals surface area (Å²) in [6, 6.07) is 9.34. The van der Waals surface area contributed by atoms with E-state index in [9.17, 15) is 19.7 Å². The molecule has 0 atom stereocenters. The van der Waals surface area contributed by atoms with Gasteiger partial charge in [0, 0.05) is 20.3 Å². The summed E-state index contributed by atoms with van der Waals surface area (Å²) in [4.78, 5) is 34.0. The zero-order chi connectivity index (χ0) is 17.0. The van der Waals surface area contributed by atoms with E-state index in [4.69, 9.17) is 0 Å². The van der Waals surface area contributed by atoms with Crippen LogP contribution in [0.15, 0.2) is 46.1 Å². The lowest BCUT2D eigenvalue weighted by molar-refractivity contribution is -0.386. The standard InChI is InChI=1S/C14H15N5O4/c1-17-12(11(19(22)23)13(20)18(2)14(17)21)16-15-9-8-10-6-4-3-5-7-10/h3-9,15-16H,1-2H3. The monoisotopic (exact) mass is 317 g/mol. The van der Waals surface area contributed by atoms with Gasteiger partial charge in [-0.05, 0) is 11.6 Å². The van der Waals surface area contributed by atoms with Gasteiger partial charge in [0.2, 0.25) is 5.82 Å². The molecule has 1 heterocycles. The van der Waals surface area contributed by atoms with Crippen molar-refractivity contribution in [2.24, 2.45) is 14.1 Å². The summed E-state index contributed by atoms with van der Waals surface area (Å²) < 4.78 is 1.67. The highest BCUT2D eigenvalue weighted by molar-refractivity contribution is 5.55. The fourth-order valence-electron chi connectivity index (χ4n) is 1.95. The van der Waals surface area contributed by atoms with Crippen molar-refractivity contribution in [1.29, 1.82) is 0 Å². The fraction of sp³-hybridized carbons (Fsp3) is 0.143. The van der Waals surface area contributed by atoms with E-state index >= 15 is 0 Å². The third-order valence-corrected chi connectivity index (χ3v) is 3.17. The summed E-state index contributed by atoms with van der Waals surface area (Å²) >= 11 is 0. The highest BCUT2D eigenvalue weighted by Crippen LogP contribution is 2.15. The fourth-order valence-corrected chi connectivity index (χ4v) is 1.95. The van der Waals surface area contributed by atoms with Crippen LogP contribution in [-0.4, -0.2) is 14.1 Å². The van der Waals surface area contributed by atoms with Crippen LogP contribution in [0.1, 0.15) is 5.56 Å². The van der Waals surface area contributed by atoms with Crippen molar-refractivity contribution >= 4 is 17.6 Å². The molecule has 0 spiro atoms. The van der Waals surface area contributed by atoms with E-state index in [1.165, 1.54) is 20.3 Å². The summed E-state index contributed by atoms with van der Waals surface area (Å²) in [6.07, 6.45) is 3.22. The smallest absolute Gasteiger partial charge is 0.307 e. The summed E-state index contributed by atoms with van der Waals surface area (Å²) in [6.45, 7) is 0. The Morgan fingerprint density at radius 2 is 1.78 bits per heavy atom. The highest BCUT2D eigenvalue weighted by atomic mass is 16.6. The van der Waals surface area contributed by atoms with Gasteiger partial charge in [-0.25, -0.2) is 4.79 Å². The van der Waals surface area contributed by atoms with Gasteiger partial charge in [0.1, 0.15) is 0 Å². The number of hydrazine groups is 1. The molecule has 0 saturated carbocycles. The third kappa shape index (κ3) is 3.28. The number of nitrogens with zero attached hydrogens (tertiary/aromatic N) is 3. The SMILES string of the molecule is Cn1c(NNC=Cc2ccccc2)c([N+](=O)[O-])c(=O)n(C)c1=O. The quantitative estimate of drug-likeness (QED) is 0.616. The highest BCUT2D eigenvalue weighted by Gasteiger charge is 2.25. The van der Waals surface area contributed by atoms with Gasteiger partial charge in [-0.1, -0.05) is 30.3 Å². The molecule has 2 rings (SSSR count). The van der Waals surface area contributed by atoms with Gasteiger partial charge >= 0.3 is 16.9 Å². The van der Waals surface area contributed by atoms with Crippen molar-refractivity contribution in [3.8, 4) is 0 Å². The maximum atomic E-state index is 11.9. The maximum absolute atomic E-state index is 11.9. The molecule has 0 bridgehead atoms. The molecule has 0 aliphatic heterocycles. The number of nitro groups is 1. The van der Waals surface area contributed by atoms with Crippen LogP contribution in [0, 0.1) is 10.1 Å². The number of rotatable bonds is 5. The van der Waals surface area contributed by atoms with Gasteiger partial charge in [-0.2, -0.15) is 0 Å². The van der Waals surface area contributed by atoms with Gasteiger partial charge in [-0.3, -0.25) is 29.5 Å². The first kappa shape index (κ1) is 16.0. The van der Waals surface area contributed by atoms with Crippen LogP contribution in [0.3, 0.4) is 0 Å². The molecule has 0 saturated heterocycles. The first-order valence-electron chi connectivity index (χ1n) is 6.61. The van der Waals surface area contributed by atoms with Gasteiger partial charge in [0.15, 0.2) is 0 Å². The number of aromatic nitrogens is 2. The normalized spacial score (nSPS) is 10.7. The van der Waals surface area contributed by atoms with E-state index in [-0.39, 0.29) is 5.82 Å². The topological polar surface area (TPSA) is 111 Å². The zero-order valence-electron chi connectivity index (χ0n) is 12.5.